The maximum Gasteiger partial charge on any atom is 0.261 e. The van der Waals surface area contributed by atoms with E-state index in [1.807, 2.05) is 67.2 Å². The molecule has 152 valence electrons. The minimum Gasteiger partial charge on any atom is -0.495 e. The van der Waals surface area contributed by atoms with Gasteiger partial charge in [0.15, 0.2) is 5.82 Å². The van der Waals surface area contributed by atoms with Crippen molar-refractivity contribution in [1.82, 2.24) is 14.3 Å². The molecule has 0 radical (unpaired) electrons. The van der Waals surface area contributed by atoms with Gasteiger partial charge in [0.25, 0.3) is 5.91 Å². The molecule has 0 unspecified atom stereocenters. The van der Waals surface area contributed by atoms with Gasteiger partial charge in [0.1, 0.15) is 11.3 Å². The fourth-order valence-electron chi connectivity index (χ4n) is 3.32. The molecule has 4 aromatic rings. The number of carbonyl (C=O) groups excluding carboxylic acids is 1. The Labute approximate surface area is 179 Å². The molecule has 1 N–H and O–H groups in total. The zero-order valence-electron chi connectivity index (χ0n) is 16.9. The van der Waals surface area contributed by atoms with Crippen molar-refractivity contribution in [1.29, 1.82) is 0 Å². The number of aromatic nitrogens is 3. The van der Waals surface area contributed by atoms with Gasteiger partial charge >= 0.3 is 0 Å². The van der Waals surface area contributed by atoms with Crippen LogP contribution in [0.2, 0.25) is 5.02 Å². The fraction of sp³-hybridized carbons (Fsp3) is 0.130. The molecule has 0 aliphatic heterocycles. The van der Waals surface area contributed by atoms with E-state index in [4.69, 9.17) is 16.3 Å². The van der Waals surface area contributed by atoms with Crippen LogP contribution in [0, 0.1) is 13.8 Å². The summed E-state index contributed by atoms with van der Waals surface area (Å²) in [5.41, 5.74) is 3.59. The average Bonchev–Trinajstić information content (AvgIpc) is 3.36. The summed E-state index contributed by atoms with van der Waals surface area (Å²) in [7, 11) is 1.55. The fourth-order valence-corrected chi connectivity index (χ4v) is 3.50. The lowest BCUT2D eigenvalue weighted by Gasteiger charge is -2.13. The van der Waals surface area contributed by atoms with Gasteiger partial charge in [-0.1, -0.05) is 29.3 Å². The lowest BCUT2D eigenvalue weighted by atomic mass is 10.2. The van der Waals surface area contributed by atoms with Crippen LogP contribution < -0.4 is 10.1 Å². The minimum absolute atomic E-state index is 0.296. The summed E-state index contributed by atoms with van der Waals surface area (Å²) in [6.45, 7) is 3.85. The van der Waals surface area contributed by atoms with Crippen molar-refractivity contribution in [2.75, 3.05) is 12.4 Å². The van der Waals surface area contributed by atoms with Gasteiger partial charge in [-0.15, -0.1) is 0 Å². The van der Waals surface area contributed by atoms with E-state index in [0.29, 0.717) is 33.5 Å². The van der Waals surface area contributed by atoms with E-state index in [1.165, 1.54) is 0 Å². The molecule has 0 spiro atoms. The predicted molar refractivity (Wildman–Crippen MR) is 118 cm³/mol. The second-order valence-electron chi connectivity index (χ2n) is 6.92. The molecular formula is C23H21ClN4O2. The summed E-state index contributed by atoms with van der Waals surface area (Å²) in [5, 5.41) is 8.09. The van der Waals surface area contributed by atoms with Gasteiger partial charge in [0.05, 0.1) is 24.2 Å². The third kappa shape index (κ3) is 3.69. The molecule has 0 saturated heterocycles. The molecule has 0 bridgehead atoms. The van der Waals surface area contributed by atoms with Gasteiger partial charge in [0.2, 0.25) is 0 Å². The van der Waals surface area contributed by atoms with Gasteiger partial charge in [-0.3, -0.25) is 4.79 Å². The van der Waals surface area contributed by atoms with Crippen LogP contribution >= 0.6 is 11.6 Å². The molecule has 0 atom stereocenters. The number of nitrogens with zero attached hydrogens (tertiary/aromatic N) is 3. The van der Waals surface area contributed by atoms with Crippen LogP contribution in [0.15, 0.2) is 67.0 Å². The normalized spacial score (nSPS) is 10.8. The molecule has 0 aliphatic rings. The number of hydrogen-bond donors (Lipinski definition) is 1. The van der Waals surface area contributed by atoms with Crippen molar-refractivity contribution in [3.05, 3.63) is 88.8 Å². The monoisotopic (exact) mass is 420 g/mol. The van der Waals surface area contributed by atoms with Crippen LogP contribution in [-0.4, -0.2) is 27.4 Å². The number of halogens is 1. The maximum absolute atomic E-state index is 13.4. The number of rotatable bonds is 5. The van der Waals surface area contributed by atoms with Gasteiger partial charge in [0, 0.05) is 17.4 Å². The number of benzene rings is 2. The quantitative estimate of drug-likeness (QED) is 0.483. The van der Waals surface area contributed by atoms with Crippen molar-refractivity contribution < 1.29 is 9.53 Å². The highest BCUT2D eigenvalue weighted by Crippen LogP contribution is 2.30. The third-order valence-electron chi connectivity index (χ3n) is 4.80. The van der Waals surface area contributed by atoms with Gasteiger partial charge in [-0.2, -0.15) is 5.10 Å². The number of methoxy groups -OCH3 is 1. The Kier molecular flexibility index (Phi) is 5.33. The Morgan fingerprint density at radius 1 is 1.07 bits per heavy atom. The van der Waals surface area contributed by atoms with Crippen LogP contribution in [0.25, 0.3) is 11.5 Å². The average molecular weight is 421 g/mol. The summed E-state index contributed by atoms with van der Waals surface area (Å²) in [4.78, 5) is 13.4. The van der Waals surface area contributed by atoms with Crippen molar-refractivity contribution in [3.63, 3.8) is 0 Å². The first-order chi connectivity index (χ1) is 14.5. The third-order valence-corrected chi connectivity index (χ3v) is 5.04. The molecular weight excluding hydrogens is 400 g/mol. The molecule has 6 nitrogen and oxygen atoms in total. The molecule has 2 aromatic carbocycles. The molecule has 2 aromatic heterocycles. The largest absolute Gasteiger partial charge is 0.495 e. The van der Waals surface area contributed by atoms with E-state index in [-0.39, 0.29) is 5.91 Å². The number of ether oxygens (including phenoxy) is 1. The summed E-state index contributed by atoms with van der Waals surface area (Å²) in [6, 6.07) is 16.9. The molecule has 1 amide bonds. The molecule has 2 heterocycles. The second kappa shape index (κ2) is 8.08. The Bertz CT molecular complexity index is 1190. The minimum atomic E-state index is -0.296. The first kappa shape index (κ1) is 19.8. The highest BCUT2D eigenvalue weighted by molar-refractivity contribution is 6.31. The van der Waals surface area contributed by atoms with Crippen LogP contribution in [0.3, 0.4) is 0 Å². The smallest absolute Gasteiger partial charge is 0.261 e. The van der Waals surface area contributed by atoms with Gasteiger partial charge < -0.3 is 14.6 Å². The van der Waals surface area contributed by atoms with E-state index >= 15 is 0 Å². The van der Waals surface area contributed by atoms with E-state index < -0.39 is 0 Å². The Morgan fingerprint density at radius 3 is 2.43 bits per heavy atom. The van der Waals surface area contributed by atoms with Gasteiger partial charge in [-0.05, 0) is 56.3 Å². The second-order valence-corrected chi connectivity index (χ2v) is 7.36. The summed E-state index contributed by atoms with van der Waals surface area (Å²) in [6.07, 6.45) is 3.77. The van der Waals surface area contributed by atoms with E-state index in [1.54, 1.807) is 30.0 Å². The lowest BCUT2D eigenvalue weighted by molar-refractivity contribution is 0.102. The van der Waals surface area contributed by atoms with Crippen LogP contribution in [0.4, 0.5) is 5.69 Å². The Hall–Kier alpha value is -3.51. The van der Waals surface area contributed by atoms with Crippen molar-refractivity contribution in [2.24, 2.45) is 0 Å². The highest BCUT2D eigenvalue weighted by Gasteiger charge is 2.24. The zero-order chi connectivity index (χ0) is 21.3. The highest BCUT2D eigenvalue weighted by atomic mass is 35.5. The van der Waals surface area contributed by atoms with Crippen LogP contribution in [0.1, 0.15) is 21.6 Å². The van der Waals surface area contributed by atoms with E-state index in [0.717, 1.165) is 11.3 Å². The first-order valence-electron chi connectivity index (χ1n) is 9.43. The number of nitrogens with one attached hydrogen (secondary N) is 1. The van der Waals surface area contributed by atoms with Gasteiger partial charge in [-0.25, -0.2) is 4.68 Å². The molecule has 7 heteroatoms. The van der Waals surface area contributed by atoms with E-state index in [9.17, 15) is 4.79 Å². The van der Waals surface area contributed by atoms with Crippen molar-refractivity contribution in [2.45, 2.75) is 13.8 Å². The van der Waals surface area contributed by atoms with Crippen molar-refractivity contribution >= 4 is 23.2 Å². The van der Waals surface area contributed by atoms with Crippen LogP contribution in [-0.2, 0) is 0 Å². The first-order valence-corrected chi connectivity index (χ1v) is 9.80. The van der Waals surface area contributed by atoms with E-state index in [2.05, 4.69) is 10.4 Å². The number of amides is 1. The number of hydrogen-bond acceptors (Lipinski definition) is 3. The van der Waals surface area contributed by atoms with Crippen LogP contribution in [0.5, 0.6) is 5.75 Å². The predicted octanol–water partition coefficient (Wildman–Crippen LogP) is 5.19. The molecule has 0 aliphatic carbocycles. The maximum atomic E-state index is 13.4. The summed E-state index contributed by atoms with van der Waals surface area (Å²) >= 11 is 6.12. The molecule has 30 heavy (non-hydrogen) atoms. The SMILES string of the molecule is COc1ccc(Cl)cc1NC(=O)c1c(C)nn(-c2ccc(C)cc2)c1-n1cccc1. The van der Waals surface area contributed by atoms with Crippen molar-refractivity contribution in [3.8, 4) is 17.3 Å². The summed E-state index contributed by atoms with van der Waals surface area (Å²) < 4.78 is 9.01. The lowest BCUT2D eigenvalue weighted by Crippen LogP contribution is -2.16. The number of carbonyl (C=O) groups is 1. The number of anilines is 1. The topological polar surface area (TPSA) is 61.1 Å². The number of aryl methyl sites for hydroxylation is 2. The molecule has 4 rings (SSSR count). The Balaban J connectivity index is 1.83. The Morgan fingerprint density at radius 2 is 1.77 bits per heavy atom. The summed E-state index contributed by atoms with van der Waals surface area (Å²) in [5.74, 6) is 0.883. The standard InChI is InChI=1S/C23H21ClN4O2/c1-15-6-9-18(10-7-15)28-23(27-12-4-5-13-27)21(16(2)26-28)22(29)25-19-14-17(24)8-11-20(19)30-3/h4-14H,1-3H3,(H,25,29). The molecule has 0 saturated carbocycles. The molecule has 0 fully saturated rings. The zero-order valence-corrected chi connectivity index (χ0v) is 17.6.